The number of benzene rings is 3. The van der Waals surface area contributed by atoms with Crippen LogP contribution in [0.1, 0.15) is 18.9 Å². The van der Waals surface area contributed by atoms with Gasteiger partial charge in [-0.1, -0.05) is 48.0 Å². The van der Waals surface area contributed by atoms with Crippen LogP contribution in [-0.2, 0) is 15.1 Å². The maximum absolute atomic E-state index is 13.3. The van der Waals surface area contributed by atoms with Gasteiger partial charge in [0.15, 0.2) is 11.5 Å². The van der Waals surface area contributed by atoms with Crippen LogP contribution in [0.4, 0.5) is 10.5 Å². The Labute approximate surface area is 200 Å². The fraction of sp³-hybridized carbons (Fsp3) is 0.240. The van der Waals surface area contributed by atoms with Gasteiger partial charge in [0.2, 0.25) is 5.91 Å². The van der Waals surface area contributed by atoms with Crippen LogP contribution in [-0.4, -0.2) is 42.5 Å². The van der Waals surface area contributed by atoms with Crippen molar-refractivity contribution in [3.8, 4) is 11.5 Å². The van der Waals surface area contributed by atoms with Crippen molar-refractivity contribution in [2.75, 3.05) is 25.1 Å². The normalized spacial score (nSPS) is 19.6. The molecule has 1 fully saturated rings. The van der Waals surface area contributed by atoms with Crippen molar-refractivity contribution < 1.29 is 23.9 Å². The molecule has 34 heavy (non-hydrogen) atoms. The first-order chi connectivity index (χ1) is 16.3. The number of hydrogen-bond donors (Lipinski definition) is 2. The fourth-order valence-electron chi connectivity index (χ4n) is 4.15. The van der Waals surface area contributed by atoms with E-state index < -0.39 is 29.9 Å². The lowest BCUT2D eigenvalue weighted by atomic mass is 9.90. The maximum Gasteiger partial charge on any atom is 0.325 e. The van der Waals surface area contributed by atoms with Crippen LogP contribution in [0.3, 0.4) is 0 Å². The molecule has 8 nitrogen and oxygen atoms in total. The summed E-state index contributed by atoms with van der Waals surface area (Å²) in [6, 6.07) is 15.8. The van der Waals surface area contributed by atoms with Gasteiger partial charge in [-0.2, -0.15) is 0 Å². The molecule has 0 bridgehead atoms. The van der Waals surface area contributed by atoms with Crippen LogP contribution in [0.2, 0.25) is 5.02 Å². The SMILES string of the molecule is C[C@]1(c2ccc3ccccc3c2)NC(=O)N(CC(=O)Nc2cc3c(cc2Cl)OCCCO3)C1=O. The Morgan fingerprint density at radius 3 is 2.53 bits per heavy atom. The summed E-state index contributed by atoms with van der Waals surface area (Å²) in [6.07, 6.45) is 0.732. The van der Waals surface area contributed by atoms with Gasteiger partial charge in [-0.3, -0.25) is 14.5 Å². The van der Waals surface area contributed by atoms with Crippen LogP contribution < -0.4 is 20.1 Å². The van der Waals surface area contributed by atoms with Crippen LogP contribution in [0.5, 0.6) is 11.5 Å². The molecule has 5 rings (SSSR count). The summed E-state index contributed by atoms with van der Waals surface area (Å²) in [4.78, 5) is 39.6. The number of carbonyl (C=O) groups excluding carboxylic acids is 3. The van der Waals surface area contributed by atoms with Crippen molar-refractivity contribution in [2.24, 2.45) is 0 Å². The number of amides is 4. The van der Waals surface area contributed by atoms with E-state index in [-0.39, 0.29) is 5.02 Å². The number of imide groups is 1. The molecule has 0 radical (unpaired) electrons. The second kappa shape index (κ2) is 8.53. The predicted molar refractivity (Wildman–Crippen MR) is 127 cm³/mol. The molecule has 0 aliphatic carbocycles. The summed E-state index contributed by atoms with van der Waals surface area (Å²) in [7, 11) is 0. The number of ether oxygens (including phenoxy) is 2. The van der Waals surface area contributed by atoms with E-state index in [0.717, 1.165) is 22.1 Å². The summed E-state index contributed by atoms with van der Waals surface area (Å²) in [5.41, 5.74) is -0.340. The number of fused-ring (bicyclic) bond motifs is 2. The van der Waals surface area contributed by atoms with Gasteiger partial charge < -0.3 is 20.1 Å². The van der Waals surface area contributed by atoms with E-state index in [4.69, 9.17) is 21.1 Å². The third-order valence-electron chi connectivity index (χ3n) is 6.01. The molecule has 4 amide bonds. The Bertz CT molecular complexity index is 1330. The Morgan fingerprint density at radius 2 is 1.76 bits per heavy atom. The Kier molecular flexibility index (Phi) is 5.53. The molecule has 1 atom stereocenters. The molecule has 2 aliphatic rings. The molecule has 2 N–H and O–H groups in total. The van der Waals surface area contributed by atoms with Crippen LogP contribution in [0, 0.1) is 0 Å². The van der Waals surface area contributed by atoms with Crippen molar-refractivity contribution in [2.45, 2.75) is 18.9 Å². The third kappa shape index (κ3) is 3.90. The van der Waals surface area contributed by atoms with Crippen molar-refractivity contribution in [1.82, 2.24) is 10.2 Å². The standard InChI is InChI=1S/C25H22ClN3O5/c1-25(17-8-7-15-5-2-3-6-16(15)11-17)23(31)29(24(32)28-25)14-22(30)27-19-13-21-20(12-18(19)26)33-9-4-10-34-21/h2-3,5-8,11-13H,4,9-10,14H2,1H3,(H,27,30)(H,28,32)/t25-/m1/s1. The van der Waals surface area contributed by atoms with Crippen molar-refractivity contribution in [1.29, 1.82) is 0 Å². The van der Waals surface area contributed by atoms with Gasteiger partial charge in [-0.25, -0.2) is 4.79 Å². The van der Waals surface area contributed by atoms with Gasteiger partial charge in [0.25, 0.3) is 5.91 Å². The lowest BCUT2D eigenvalue weighted by Crippen LogP contribution is -2.42. The van der Waals surface area contributed by atoms with E-state index in [9.17, 15) is 14.4 Å². The van der Waals surface area contributed by atoms with E-state index in [1.807, 2.05) is 42.5 Å². The smallest absolute Gasteiger partial charge is 0.325 e. The lowest BCUT2D eigenvalue weighted by molar-refractivity contribution is -0.133. The highest BCUT2D eigenvalue weighted by Gasteiger charge is 2.49. The highest BCUT2D eigenvalue weighted by atomic mass is 35.5. The second-order valence-electron chi connectivity index (χ2n) is 8.39. The molecule has 0 spiro atoms. The minimum Gasteiger partial charge on any atom is -0.490 e. The van der Waals surface area contributed by atoms with Gasteiger partial charge in [0, 0.05) is 18.6 Å². The maximum atomic E-state index is 13.3. The van der Waals surface area contributed by atoms with Crippen molar-refractivity contribution in [3.63, 3.8) is 0 Å². The summed E-state index contributed by atoms with van der Waals surface area (Å²) in [5.74, 6) is -0.104. The molecule has 2 heterocycles. The number of anilines is 1. The minimum absolute atomic E-state index is 0.260. The van der Waals surface area contributed by atoms with Gasteiger partial charge in [-0.15, -0.1) is 0 Å². The average molecular weight is 480 g/mol. The predicted octanol–water partition coefficient (Wildman–Crippen LogP) is 4.06. The van der Waals surface area contributed by atoms with Gasteiger partial charge in [0.1, 0.15) is 12.1 Å². The van der Waals surface area contributed by atoms with Gasteiger partial charge in [-0.05, 0) is 29.3 Å². The zero-order valence-corrected chi connectivity index (χ0v) is 19.1. The molecule has 0 saturated carbocycles. The molecule has 9 heteroatoms. The molecule has 3 aromatic carbocycles. The number of nitrogens with zero attached hydrogens (tertiary/aromatic N) is 1. The average Bonchev–Trinajstić information content (AvgIpc) is 2.97. The largest absolute Gasteiger partial charge is 0.490 e. The Balaban J connectivity index is 1.34. The van der Waals surface area contributed by atoms with Crippen LogP contribution >= 0.6 is 11.6 Å². The molecule has 1 saturated heterocycles. The van der Waals surface area contributed by atoms with Gasteiger partial charge in [0.05, 0.1) is 23.9 Å². The number of carbonyl (C=O) groups is 3. The van der Waals surface area contributed by atoms with Crippen LogP contribution in [0.15, 0.2) is 54.6 Å². The lowest BCUT2D eigenvalue weighted by Gasteiger charge is -2.22. The number of hydrogen-bond acceptors (Lipinski definition) is 5. The fourth-order valence-corrected chi connectivity index (χ4v) is 4.35. The summed E-state index contributed by atoms with van der Waals surface area (Å²) in [5, 5.41) is 7.62. The quantitative estimate of drug-likeness (QED) is 0.550. The summed E-state index contributed by atoms with van der Waals surface area (Å²) < 4.78 is 11.2. The summed E-state index contributed by atoms with van der Waals surface area (Å²) >= 11 is 6.30. The van der Waals surface area contributed by atoms with E-state index in [2.05, 4.69) is 10.6 Å². The van der Waals surface area contributed by atoms with E-state index in [1.54, 1.807) is 19.1 Å². The minimum atomic E-state index is -1.28. The van der Waals surface area contributed by atoms with Gasteiger partial charge >= 0.3 is 6.03 Å². The third-order valence-corrected chi connectivity index (χ3v) is 6.33. The first kappa shape index (κ1) is 22.0. The second-order valence-corrected chi connectivity index (χ2v) is 8.79. The zero-order valence-electron chi connectivity index (χ0n) is 18.4. The Morgan fingerprint density at radius 1 is 1.06 bits per heavy atom. The first-order valence-electron chi connectivity index (χ1n) is 10.9. The number of halogens is 1. The number of rotatable bonds is 4. The molecule has 3 aromatic rings. The first-order valence-corrected chi connectivity index (χ1v) is 11.3. The molecular weight excluding hydrogens is 458 g/mol. The molecule has 2 aliphatic heterocycles. The van der Waals surface area contributed by atoms with Crippen LogP contribution in [0.25, 0.3) is 10.8 Å². The zero-order chi connectivity index (χ0) is 23.9. The monoisotopic (exact) mass is 479 g/mol. The number of urea groups is 1. The highest BCUT2D eigenvalue weighted by molar-refractivity contribution is 6.34. The highest BCUT2D eigenvalue weighted by Crippen LogP contribution is 2.38. The number of nitrogens with one attached hydrogen (secondary N) is 2. The molecule has 0 aromatic heterocycles. The van der Waals surface area contributed by atoms with E-state index in [0.29, 0.717) is 36.0 Å². The molecule has 0 unspecified atom stereocenters. The van der Waals surface area contributed by atoms with Crippen molar-refractivity contribution >= 4 is 45.9 Å². The van der Waals surface area contributed by atoms with E-state index >= 15 is 0 Å². The molecule has 174 valence electrons. The Hall–Kier alpha value is -3.78. The summed E-state index contributed by atoms with van der Waals surface area (Å²) in [6.45, 7) is 2.17. The van der Waals surface area contributed by atoms with Crippen molar-refractivity contribution in [3.05, 3.63) is 65.2 Å². The van der Waals surface area contributed by atoms with E-state index in [1.165, 1.54) is 0 Å². The topological polar surface area (TPSA) is 97.0 Å². The molecular formula is C25H22ClN3O5.